The van der Waals surface area contributed by atoms with Gasteiger partial charge in [0.05, 0.1) is 10.5 Å². The van der Waals surface area contributed by atoms with Crippen LogP contribution in [0.15, 0.2) is 18.5 Å². The number of ketones is 1. The number of nitrogens with one attached hydrogen (secondary N) is 1. The maximum absolute atomic E-state index is 11.2. The summed E-state index contributed by atoms with van der Waals surface area (Å²) in [6.45, 7) is 1.36. The third kappa shape index (κ3) is 1.35. The van der Waals surface area contributed by atoms with Gasteiger partial charge >= 0.3 is 0 Å². The molecular weight excluding hydrogens is 198 g/mol. The molecule has 0 saturated heterocycles. The van der Waals surface area contributed by atoms with Gasteiger partial charge in [-0.15, -0.1) is 0 Å². The van der Waals surface area contributed by atoms with Gasteiger partial charge in [-0.05, 0) is 6.92 Å². The molecule has 0 spiro atoms. The van der Waals surface area contributed by atoms with E-state index in [1.807, 2.05) is 0 Å². The molecule has 0 unspecified atom stereocenters. The van der Waals surface area contributed by atoms with Crippen molar-refractivity contribution in [1.82, 2.24) is 9.97 Å². The first-order valence-corrected chi connectivity index (χ1v) is 4.22. The zero-order valence-corrected chi connectivity index (χ0v) is 7.85. The molecule has 76 valence electrons. The molecule has 6 heteroatoms. The van der Waals surface area contributed by atoms with Gasteiger partial charge in [0.2, 0.25) is 0 Å². The van der Waals surface area contributed by atoms with E-state index >= 15 is 0 Å². The van der Waals surface area contributed by atoms with Crippen LogP contribution in [0.2, 0.25) is 0 Å². The minimum atomic E-state index is -0.524. The van der Waals surface area contributed by atoms with Crippen LogP contribution in [0, 0.1) is 10.1 Å². The second kappa shape index (κ2) is 3.16. The number of aromatic nitrogens is 2. The average Bonchev–Trinajstić information content (AvgIpc) is 2.60. The first-order valence-electron chi connectivity index (χ1n) is 4.22. The summed E-state index contributed by atoms with van der Waals surface area (Å²) in [7, 11) is 0. The van der Waals surface area contributed by atoms with Crippen LogP contribution in [0.1, 0.15) is 17.3 Å². The lowest BCUT2D eigenvalue weighted by Crippen LogP contribution is -1.94. The first kappa shape index (κ1) is 9.32. The van der Waals surface area contributed by atoms with Gasteiger partial charge in [0, 0.05) is 18.5 Å². The molecule has 2 aromatic heterocycles. The van der Waals surface area contributed by atoms with E-state index in [2.05, 4.69) is 9.97 Å². The van der Waals surface area contributed by atoms with E-state index in [4.69, 9.17) is 0 Å². The molecule has 0 aliphatic carbocycles. The fourth-order valence-corrected chi connectivity index (χ4v) is 1.47. The standard InChI is InChI=1S/C9H7N3O3/c1-5(13)6-4-11-9-8(6)7(12(14)15)2-3-10-9/h2-4H,1H3,(H,10,11). The average molecular weight is 205 g/mol. The zero-order valence-electron chi connectivity index (χ0n) is 7.85. The number of pyridine rings is 1. The van der Waals surface area contributed by atoms with Gasteiger partial charge in [0.1, 0.15) is 11.0 Å². The molecule has 0 saturated carbocycles. The van der Waals surface area contributed by atoms with Crippen molar-refractivity contribution in [3.05, 3.63) is 34.1 Å². The maximum atomic E-state index is 11.2. The molecule has 15 heavy (non-hydrogen) atoms. The van der Waals surface area contributed by atoms with Crippen molar-refractivity contribution < 1.29 is 9.72 Å². The molecule has 1 N–H and O–H groups in total. The molecule has 0 atom stereocenters. The summed E-state index contributed by atoms with van der Waals surface area (Å²) in [5, 5.41) is 11.0. The van der Waals surface area contributed by atoms with Crippen molar-refractivity contribution in [2.45, 2.75) is 6.92 Å². The van der Waals surface area contributed by atoms with Gasteiger partial charge in [-0.2, -0.15) is 0 Å². The Labute approximate surface area is 84.1 Å². The van der Waals surface area contributed by atoms with E-state index in [-0.39, 0.29) is 16.9 Å². The van der Waals surface area contributed by atoms with Crippen molar-refractivity contribution in [3.63, 3.8) is 0 Å². The van der Waals surface area contributed by atoms with Crippen LogP contribution in [0.3, 0.4) is 0 Å². The number of carbonyl (C=O) groups excluding carboxylic acids is 1. The van der Waals surface area contributed by atoms with Crippen LogP contribution in [0.4, 0.5) is 5.69 Å². The van der Waals surface area contributed by atoms with E-state index in [0.717, 1.165) is 0 Å². The lowest BCUT2D eigenvalue weighted by molar-refractivity contribution is -0.383. The Hall–Kier alpha value is -2.24. The van der Waals surface area contributed by atoms with Crippen LogP contribution in [0.5, 0.6) is 0 Å². The quantitative estimate of drug-likeness (QED) is 0.458. The van der Waals surface area contributed by atoms with Crippen molar-refractivity contribution in [1.29, 1.82) is 0 Å². The number of fused-ring (bicyclic) bond motifs is 1. The van der Waals surface area contributed by atoms with Gasteiger partial charge in [-0.1, -0.05) is 0 Å². The summed E-state index contributed by atoms with van der Waals surface area (Å²) in [6, 6.07) is 1.28. The monoisotopic (exact) mass is 205 g/mol. The minimum Gasteiger partial charge on any atom is -0.345 e. The molecule has 0 aliphatic rings. The second-order valence-corrected chi connectivity index (χ2v) is 3.07. The molecular formula is C9H7N3O3. The van der Waals surface area contributed by atoms with Crippen LogP contribution in [0.25, 0.3) is 11.0 Å². The largest absolute Gasteiger partial charge is 0.345 e. The Morgan fingerprint density at radius 3 is 2.93 bits per heavy atom. The highest BCUT2D eigenvalue weighted by Crippen LogP contribution is 2.26. The van der Waals surface area contributed by atoms with Crippen molar-refractivity contribution >= 4 is 22.5 Å². The van der Waals surface area contributed by atoms with E-state index < -0.39 is 4.92 Å². The predicted molar refractivity (Wildman–Crippen MR) is 52.8 cm³/mol. The minimum absolute atomic E-state index is 0.105. The van der Waals surface area contributed by atoms with Crippen LogP contribution < -0.4 is 0 Å². The number of nitro groups is 1. The predicted octanol–water partition coefficient (Wildman–Crippen LogP) is 1.67. The highest BCUT2D eigenvalue weighted by molar-refractivity contribution is 6.09. The Morgan fingerprint density at radius 1 is 1.60 bits per heavy atom. The smallest absolute Gasteiger partial charge is 0.282 e. The zero-order chi connectivity index (χ0) is 11.0. The summed E-state index contributed by atoms with van der Waals surface area (Å²) in [6.07, 6.45) is 2.77. The van der Waals surface area contributed by atoms with Gasteiger partial charge in [0.25, 0.3) is 5.69 Å². The fourth-order valence-electron chi connectivity index (χ4n) is 1.47. The molecule has 0 bridgehead atoms. The topological polar surface area (TPSA) is 88.9 Å². The third-order valence-electron chi connectivity index (χ3n) is 2.13. The molecule has 2 heterocycles. The SMILES string of the molecule is CC(=O)c1c[nH]c2nccc([N+](=O)[O-])c12. The highest BCUT2D eigenvalue weighted by Gasteiger charge is 2.19. The summed E-state index contributed by atoms with van der Waals surface area (Å²) < 4.78 is 0. The summed E-state index contributed by atoms with van der Waals surface area (Å²) in [4.78, 5) is 28.1. The van der Waals surface area contributed by atoms with Gasteiger partial charge in [-0.3, -0.25) is 14.9 Å². The van der Waals surface area contributed by atoms with Crippen LogP contribution in [-0.4, -0.2) is 20.7 Å². The summed E-state index contributed by atoms with van der Waals surface area (Å²) >= 11 is 0. The van der Waals surface area contributed by atoms with Crippen molar-refractivity contribution in [3.8, 4) is 0 Å². The molecule has 0 amide bonds. The molecule has 6 nitrogen and oxygen atoms in total. The van der Waals surface area contributed by atoms with Crippen LogP contribution >= 0.6 is 0 Å². The molecule has 0 fully saturated rings. The number of aromatic amines is 1. The number of nitrogens with zero attached hydrogens (tertiary/aromatic N) is 2. The van der Waals surface area contributed by atoms with Crippen molar-refractivity contribution in [2.75, 3.05) is 0 Å². The van der Waals surface area contributed by atoms with E-state index in [9.17, 15) is 14.9 Å². The number of rotatable bonds is 2. The fraction of sp³-hybridized carbons (Fsp3) is 0.111. The van der Waals surface area contributed by atoms with Crippen molar-refractivity contribution in [2.24, 2.45) is 0 Å². The Morgan fingerprint density at radius 2 is 2.33 bits per heavy atom. The summed E-state index contributed by atoms with van der Waals surface area (Å²) in [5.74, 6) is -0.225. The molecule has 2 aromatic rings. The Bertz CT molecular complexity index is 559. The second-order valence-electron chi connectivity index (χ2n) is 3.07. The van der Waals surface area contributed by atoms with Gasteiger partial charge in [-0.25, -0.2) is 4.98 Å². The Kier molecular flexibility index (Phi) is 1.96. The lowest BCUT2D eigenvalue weighted by Gasteiger charge is -1.94. The summed E-state index contributed by atoms with van der Waals surface area (Å²) in [5.41, 5.74) is 0.547. The van der Waals surface area contributed by atoms with Crippen LogP contribution in [-0.2, 0) is 0 Å². The number of hydrogen-bond donors (Lipinski definition) is 1. The molecule has 0 aromatic carbocycles. The third-order valence-corrected chi connectivity index (χ3v) is 2.13. The highest BCUT2D eigenvalue weighted by atomic mass is 16.6. The molecule has 0 radical (unpaired) electrons. The van der Waals surface area contributed by atoms with Gasteiger partial charge < -0.3 is 4.98 Å². The normalized spacial score (nSPS) is 10.5. The molecule has 0 aliphatic heterocycles. The van der Waals surface area contributed by atoms with E-state index in [0.29, 0.717) is 11.2 Å². The lowest BCUT2D eigenvalue weighted by atomic mass is 10.1. The number of carbonyl (C=O) groups is 1. The number of hydrogen-bond acceptors (Lipinski definition) is 4. The van der Waals surface area contributed by atoms with E-state index in [1.165, 1.54) is 25.4 Å². The number of Topliss-reactive ketones (excluding diaryl/α,β-unsaturated/α-hetero) is 1. The first-order chi connectivity index (χ1) is 7.11. The number of H-pyrrole nitrogens is 1. The maximum Gasteiger partial charge on any atom is 0.282 e. The molecule has 2 rings (SSSR count). The Balaban J connectivity index is 2.86. The van der Waals surface area contributed by atoms with E-state index in [1.54, 1.807) is 0 Å². The van der Waals surface area contributed by atoms with Gasteiger partial charge in [0.15, 0.2) is 5.78 Å².